The van der Waals surface area contributed by atoms with Gasteiger partial charge in [0.25, 0.3) is 6.47 Å². The lowest BCUT2D eigenvalue weighted by molar-refractivity contribution is -0.125. The van der Waals surface area contributed by atoms with Crippen LogP contribution < -0.4 is 17.4 Å². The average molecular weight is 581 g/mol. The van der Waals surface area contributed by atoms with E-state index in [0.29, 0.717) is 24.4 Å². The number of ether oxygens (including phenoxy) is 3. The summed E-state index contributed by atoms with van der Waals surface area (Å²) < 4.78 is 17.3. The molecule has 3 rings (SSSR count). The molecule has 0 atom stereocenters. The maximum Gasteiger partial charge on any atom is 0.357 e. The highest BCUT2D eigenvalue weighted by molar-refractivity contribution is 6.01. The van der Waals surface area contributed by atoms with Crippen molar-refractivity contribution in [3.8, 4) is 11.1 Å². The molecule has 1 aromatic heterocycles. The second-order valence-electron chi connectivity index (χ2n) is 9.75. The lowest BCUT2D eigenvalue weighted by atomic mass is 9.98. The van der Waals surface area contributed by atoms with Gasteiger partial charge in [-0.3, -0.25) is 21.9 Å². The number of rotatable bonds is 13. The molecule has 1 heterocycles. The van der Waals surface area contributed by atoms with Gasteiger partial charge in [0, 0.05) is 18.5 Å². The van der Waals surface area contributed by atoms with Crippen LogP contribution in [0.3, 0.4) is 0 Å². The molecular formula is C30H40N6O6. The van der Waals surface area contributed by atoms with Crippen molar-refractivity contribution < 1.29 is 28.9 Å². The summed E-state index contributed by atoms with van der Waals surface area (Å²) in [5, 5.41) is 18.8. The van der Waals surface area contributed by atoms with Crippen molar-refractivity contribution in [3.63, 3.8) is 0 Å². The number of hydrogen-bond acceptors (Lipinski definition) is 10. The Morgan fingerprint density at radius 3 is 2.33 bits per heavy atom. The number of allylic oxidation sites excluding steroid dienone is 1. The first-order valence-electron chi connectivity index (χ1n) is 13.2. The third kappa shape index (κ3) is 8.26. The SMILES string of the molecule is CCCc1nc(C(C)(C)O)c(C(=O)OC/C(OC)=C(\C)OC=O)n1Cc1ccc(-c2ccccc2C(=N)N)cc1.NN. The van der Waals surface area contributed by atoms with Gasteiger partial charge in [-0.15, -0.1) is 0 Å². The zero-order valence-electron chi connectivity index (χ0n) is 24.6. The Kier molecular flexibility index (Phi) is 12.4. The highest BCUT2D eigenvalue weighted by atomic mass is 16.6. The Bertz CT molecular complexity index is 1410. The van der Waals surface area contributed by atoms with Gasteiger partial charge in [-0.2, -0.15) is 0 Å². The lowest BCUT2D eigenvalue weighted by Crippen LogP contribution is -2.24. The number of hydrazine groups is 1. The third-order valence-corrected chi connectivity index (χ3v) is 6.31. The van der Waals surface area contributed by atoms with Gasteiger partial charge in [0.15, 0.2) is 18.1 Å². The number of benzene rings is 2. The van der Waals surface area contributed by atoms with Crippen LogP contribution in [-0.4, -0.2) is 46.7 Å². The van der Waals surface area contributed by atoms with Crippen molar-refractivity contribution in [1.29, 1.82) is 5.41 Å². The van der Waals surface area contributed by atoms with Gasteiger partial charge in [-0.25, -0.2) is 9.78 Å². The molecule has 0 radical (unpaired) electrons. The number of hydrogen-bond donors (Lipinski definition) is 5. The molecule has 0 aliphatic rings. The van der Waals surface area contributed by atoms with Crippen molar-refractivity contribution in [1.82, 2.24) is 9.55 Å². The molecule has 0 bridgehead atoms. The molecule has 0 saturated heterocycles. The Hall–Kier alpha value is -4.52. The van der Waals surface area contributed by atoms with Crippen LogP contribution in [0.1, 0.15) is 67.2 Å². The maximum atomic E-state index is 13.5. The Labute approximate surface area is 245 Å². The summed E-state index contributed by atoms with van der Waals surface area (Å²) in [6.45, 7) is 6.94. The smallest absolute Gasteiger partial charge is 0.357 e. The molecule has 2 aromatic carbocycles. The van der Waals surface area contributed by atoms with Crippen molar-refractivity contribution in [2.45, 2.75) is 52.7 Å². The Morgan fingerprint density at radius 1 is 1.14 bits per heavy atom. The first-order valence-corrected chi connectivity index (χ1v) is 13.2. The number of aromatic nitrogens is 2. The van der Waals surface area contributed by atoms with Crippen LogP contribution in [0.5, 0.6) is 0 Å². The number of aryl methyl sites for hydroxylation is 1. The van der Waals surface area contributed by atoms with Crippen molar-refractivity contribution in [3.05, 3.63) is 88.4 Å². The third-order valence-electron chi connectivity index (χ3n) is 6.31. The first kappa shape index (κ1) is 33.7. The van der Waals surface area contributed by atoms with E-state index in [-0.39, 0.29) is 41.8 Å². The van der Waals surface area contributed by atoms with E-state index in [1.54, 1.807) is 24.5 Å². The molecule has 0 saturated carbocycles. The summed E-state index contributed by atoms with van der Waals surface area (Å²) in [4.78, 5) is 28.8. The first-order chi connectivity index (χ1) is 20.0. The monoisotopic (exact) mass is 580 g/mol. The standard InChI is InChI=1S/C30H36N4O6.H4N2/c1-6-9-25-33-27(30(3,4)37)26(29(36)39-17-24(38-5)19(2)40-18-35)34(25)16-20-12-14-21(15-13-20)22-10-7-8-11-23(22)28(31)32;1-2/h7-8,10-15,18,37H,6,9,16-17H2,1-5H3,(H3,31,32);1-2H2/b24-19-;. The number of imidazole rings is 1. The van der Waals surface area contributed by atoms with Crippen molar-refractivity contribution in [2.24, 2.45) is 17.4 Å². The molecule has 0 unspecified atom stereocenters. The average Bonchev–Trinajstić information content (AvgIpc) is 3.33. The van der Waals surface area contributed by atoms with E-state index < -0.39 is 11.6 Å². The molecule has 0 aliphatic carbocycles. The number of amidine groups is 1. The molecule has 3 aromatic rings. The van der Waals surface area contributed by atoms with E-state index in [2.05, 4.69) is 16.7 Å². The highest BCUT2D eigenvalue weighted by Gasteiger charge is 2.32. The minimum Gasteiger partial charge on any atom is -0.494 e. The molecule has 0 spiro atoms. The number of aliphatic hydroxyl groups is 1. The van der Waals surface area contributed by atoms with Crippen LogP contribution in [0.25, 0.3) is 11.1 Å². The number of nitrogens with two attached hydrogens (primary N) is 3. The van der Waals surface area contributed by atoms with Crippen molar-refractivity contribution in [2.75, 3.05) is 13.7 Å². The van der Waals surface area contributed by atoms with E-state index in [1.165, 1.54) is 14.0 Å². The predicted octanol–water partition coefficient (Wildman–Crippen LogP) is 3.09. The van der Waals surface area contributed by atoms with Crippen LogP contribution in [-0.2, 0) is 37.6 Å². The molecule has 0 aliphatic heterocycles. The maximum absolute atomic E-state index is 13.5. The summed E-state index contributed by atoms with van der Waals surface area (Å²) in [6, 6.07) is 15.2. The van der Waals surface area contributed by atoms with Crippen LogP contribution in [0, 0.1) is 5.41 Å². The Balaban J connectivity index is 0.00000301. The van der Waals surface area contributed by atoms with E-state index in [0.717, 1.165) is 23.1 Å². The second kappa shape index (κ2) is 15.5. The van der Waals surface area contributed by atoms with Gasteiger partial charge >= 0.3 is 5.97 Å². The fourth-order valence-corrected chi connectivity index (χ4v) is 4.30. The summed E-state index contributed by atoms with van der Waals surface area (Å²) in [7, 11) is 1.38. The van der Waals surface area contributed by atoms with E-state index in [9.17, 15) is 14.7 Å². The highest BCUT2D eigenvalue weighted by Crippen LogP contribution is 2.28. The summed E-state index contributed by atoms with van der Waals surface area (Å²) in [5.41, 5.74) is 7.98. The fraction of sp³-hybridized carbons (Fsp3) is 0.333. The minimum atomic E-state index is -1.42. The largest absolute Gasteiger partial charge is 0.494 e. The van der Waals surface area contributed by atoms with Crippen LogP contribution in [0.2, 0.25) is 0 Å². The second-order valence-corrected chi connectivity index (χ2v) is 9.75. The summed E-state index contributed by atoms with van der Waals surface area (Å²) in [5.74, 6) is 8.27. The minimum absolute atomic E-state index is 0.0102. The van der Waals surface area contributed by atoms with Crippen LogP contribution >= 0.6 is 0 Å². The van der Waals surface area contributed by atoms with Gasteiger partial charge in [-0.05, 0) is 43.9 Å². The molecule has 42 heavy (non-hydrogen) atoms. The number of methoxy groups -OCH3 is 1. The van der Waals surface area contributed by atoms with E-state index in [4.69, 9.17) is 25.4 Å². The summed E-state index contributed by atoms with van der Waals surface area (Å²) in [6.07, 6.45) is 1.35. The number of carbonyl (C=O) groups is 2. The number of nitrogen functional groups attached to an aromatic ring is 1. The van der Waals surface area contributed by atoms with Gasteiger partial charge in [0.05, 0.1) is 7.11 Å². The number of esters is 1. The van der Waals surface area contributed by atoms with Gasteiger partial charge in [0.2, 0.25) is 0 Å². The normalized spacial score (nSPS) is 11.5. The Morgan fingerprint density at radius 2 is 1.79 bits per heavy atom. The predicted molar refractivity (Wildman–Crippen MR) is 159 cm³/mol. The molecular weight excluding hydrogens is 540 g/mol. The van der Waals surface area contributed by atoms with Gasteiger partial charge in [-0.1, -0.05) is 55.5 Å². The van der Waals surface area contributed by atoms with Gasteiger partial charge in [0.1, 0.15) is 28.7 Å². The molecule has 12 heteroatoms. The lowest BCUT2D eigenvalue weighted by Gasteiger charge is -2.18. The number of nitrogens with zero attached hydrogens (tertiary/aromatic N) is 2. The fourth-order valence-electron chi connectivity index (χ4n) is 4.30. The molecule has 8 N–H and O–H groups in total. The molecule has 12 nitrogen and oxygen atoms in total. The van der Waals surface area contributed by atoms with E-state index >= 15 is 0 Å². The zero-order valence-corrected chi connectivity index (χ0v) is 24.6. The number of nitrogens with one attached hydrogen (secondary N) is 1. The molecule has 0 fully saturated rings. The van der Waals surface area contributed by atoms with Crippen LogP contribution in [0.15, 0.2) is 60.0 Å². The molecule has 226 valence electrons. The molecule has 0 amide bonds. The quantitative estimate of drug-likeness (QED) is 0.0380. The number of carbonyl (C=O) groups excluding carboxylic acids is 2. The zero-order chi connectivity index (χ0) is 31.4. The van der Waals surface area contributed by atoms with E-state index in [1.807, 2.05) is 49.4 Å². The summed E-state index contributed by atoms with van der Waals surface area (Å²) >= 11 is 0. The van der Waals surface area contributed by atoms with Crippen LogP contribution in [0.4, 0.5) is 0 Å². The topological polar surface area (TPSA) is 202 Å². The van der Waals surface area contributed by atoms with Crippen molar-refractivity contribution >= 4 is 18.3 Å². The van der Waals surface area contributed by atoms with Gasteiger partial charge < -0.3 is 29.6 Å².